The zero-order chi connectivity index (χ0) is 14.7. The largest absolute Gasteiger partial charge is 0.311 e. The summed E-state index contributed by atoms with van der Waals surface area (Å²) in [7, 11) is 1.98. The van der Waals surface area contributed by atoms with E-state index in [2.05, 4.69) is 47.6 Å². The van der Waals surface area contributed by atoms with E-state index in [0.29, 0.717) is 0 Å². The number of likely N-dealkylation sites (N-methyl/N-ethyl adjacent to an activating group) is 1. The lowest BCUT2D eigenvalue weighted by molar-refractivity contribution is 0.576. The molecule has 0 spiro atoms. The van der Waals surface area contributed by atoms with Crippen LogP contribution in [0.1, 0.15) is 22.9 Å². The molecule has 1 N–H and O–H groups in total. The van der Waals surface area contributed by atoms with Crippen molar-refractivity contribution in [3.8, 4) is 0 Å². The third kappa shape index (κ3) is 2.93. The molecule has 3 aromatic rings. The minimum absolute atomic E-state index is 0.192. The van der Waals surface area contributed by atoms with Crippen molar-refractivity contribution >= 4 is 10.9 Å². The lowest BCUT2D eigenvalue weighted by Gasteiger charge is -2.17. The molecular weight excluding hydrogens is 258 g/mol. The lowest BCUT2D eigenvalue weighted by Crippen LogP contribution is -2.20. The van der Waals surface area contributed by atoms with Crippen molar-refractivity contribution in [2.75, 3.05) is 7.05 Å². The molecule has 1 unspecified atom stereocenters. The maximum absolute atomic E-state index is 4.82. The predicted octanol–water partition coefficient (Wildman–Crippen LogP) is 3.44. The van der Waals surface area contributed by atoms with Gasteiger partial charge < -0.3 is 5.32 Å². The molecule has 0 fully saturated rings. The van der Waals surface area contributed by atoms with Gasteiger partial charge in [0, 0.05) is 17.8 Å². The lowest BCUT2D eigenvalue weighted by atomic mass is 10.0. The van der Waals surface area contributed by atoms with Gasteiger partial charge in [0.15, 0.2) is 0 Å². The Morgan fingerprint density at radius 3 is 2.76 bits per heavy atom. The SMILES string of the molecule is CNC(Cc1cccnc1)c1cc(C)c2ccccc2n1. The van der Waals surface area contributed by atoms with E-state index < -0.39 is 0 Å². The van der Waals surface area contributed by atoms with Gasteiger partial charge in [0.1, 0.15) is 0 Å². The minimum atomic E-state index is 0.192. The first-order valence-corrected chi connectivity index (χ1v) is 7.20. The number of aromatic nitrogens is 2. The van der Waals surface area contributed by atoms with Crippen molar-refractivity contribution in [3.05, 3.63) is 71.7 Å². The molecule has 0 aliphatic carbocycles. The third-order valence-corrected chi connectivity index (χ3v) is 3.81. The van der Waals surface area contributed by atoms with Gasteiger partial charge in [-0.3, -0.25) is 9.97 Å². The Hall–Kier alpha value is -2.26. The zero-order valence-electron chi connectivity index (χ0n) is 12.4. The van der Waals surface area contributed by atoms with Gasteiger partial charge in [-0.25, -0.2) is 0 Å². The second-order valence-electron chi connectivity index (χ2n) is 5.29. The molecule has 3 rings (SSSR count). The second kappa shape index (κ2) is 6.02. The Kier molecular flexibility index (Phi) is 3.93. The van der Waals surface area contributed by atoms with Crippen LogP contribution < -0.4 is 5.32 Å². The van der Waals surface area contributed by atoms with E-state index in [0.717, 1.165) is 17.6 Å². The average molecular weight is 277 g/mol. The number of nitrogens with zero attached hydrogens (tertiary/aromatic N) is 2. The maximum atomic E-state index is 4.82. The first-order chi connectivity index (χ1) is 10.3. The van der Waals surface area contributed by atoms with E-state index in [-0.39, 0.29) is 6.04 Å². The number of pyridine rings is 2. The fraction of sp³-hybridized carbons (Fsp3) is 0.222. The number of nitrogens with one attached hydrogen (secondary N) is 1. The fourth-order valence-corrected chi connectivity index (χ4v) is 2.66. The van der Waals surface area contributed by atoms with Gasteiger partial charge in [-0.2, -0.15) is 0 Å². The normalized spacial score (nSPS) is 12.5. The molecule has 2 heterocycles. The van der Waals surface area contributed by atoms with Gasteiger partial charge in [0.25, 0.3) is 0 Å². The van der Waals surface area contributed by atoms with Crippen LogP contribution in [0.4, 0.5) is 0 Å². The van der Waals surface area contributed by atoms with Gasteiger partial charge in [-0.05, 0) is 49.7 Å². The van der Waals surface area contributed by atoms with Crippen LogP contribution >= 0.6 is 0 Å². The molecular formula is C18H19N3. The summed E-state index contributed by atoms with van der Waals surface area (Å²) in [6.07, 6.45) is 4.60. The summed E-state index contributed by atoms with van der Waals surface area (Å²) in [5.74, 6) is 0. The third-order valence-electron chi connectivity index (χ3n) is 3.81. The van der Waals surface area contributed by atoms with Crippen molar-refractivity contribution in [1.29, 1.82) is 0 Å². The Bertz CT molecular complexity index is 738. The molecule has 0 bridgehead atoms. The monoisotopic (exact) mass is 277 g/mol. The van der Waals surface area contributed by atoms with Crippen molar-refractivity contribution in [2.24, 2.45) is 0 Å². The van der Waals surface area contributed by atoms with E-state index in [1.807, 2.05) is 25.4 Å². The maximum Gasteiger partial charge on any atom is 0.0708 e. The number of aryl methyl sites for hydroxylation is 1. The summed E-state index contributed by atoms with van der Waals surface area (Å²) in [4.78, 5) is 9.01. The topological polar surface area (TPSA) is 37.8 Å². The number of benzene rings is 1. The molecule has 0 amide bonds. The van der Waals surface area contributed by atoms with E-state index >= 15 is 0 Å². The van der Waals surface area contributed by atoms with Gasteiger partial charge in [0.2, 0.25) is 0 Å². The Morgan fingerprint density at radius 1 is 1.14 bits per heavy atom. The number of hydrogen-bond donors (Lipinski definition) is 1. The molecule has 0 aliphatic heterocycles. The summed E-state index contributed by atoms with van der Waals surface area (Å²) in [5, 5.41) is 4.59. The van der Waals surface area contributed by atoms with Crippen LogP contribution in [0.3, 0.4) is 0 Å². The fourth-order valence-electron chi connectivity index (χ4n) is 2.66. The second-order valence-corrected chi connectivity index (χ2v) is 5.29. The summed E-state index contributed by atoms with van der Waals surface area (Å²) >= 11 is 0. The van der Waals surface area contributed by atoms with Crippen molar-refractivity contribution in [2.45, 2.75) is 19.4 Å². The molecule has 0 saturated carbocycles. The number of fused-ring (bicyclic) bond motifs is 1. The van der Waals surface area contributed by atoms with E-state index in [1.165, 1.54) is 16.5 Å². The van der Waals surface area contributed by atoms with Crippen LogP contribution in [0.25, 0.3) is 10.9 Å². The Labute approximate surface area is 125 Å². The molecule has 0 radical (unpaired) electrons. The standard InChI is InChI=1S/C18H19N3/c1-13-10-18(21-16-8-4-3-7-15(13)16)17(19-2)11-14-6-5-9-20-12-14/h3-10,12,17,19H,11H2,1-2H3. The van der Waals surface area contributed by atoms with Crippen LogP contribution in [0, 0.1) is 6.92 Å². The first-order valence-electron chi connectivity index (χ1n) is 7.20. The van der Waals surface area contributed by atoms with E-state index in [1.54, 1.807) is 6.20 Å². The highest BCUT2D eigenvalue weighted by Gasteiger charge is 2.13. The highest BCUT2D eigenvalue weighted by Crippen LogP contribution is 2.22. The van der Waals surface area contributed by atoms with Gasteiger partial charge in [-0.1, -0.05) is 24.3 Å². The van der Waals surface area contributed by atoms with Gasteiger partial charge in [0.05, 0.1) is 17.3 Å². The van der Waals surface area contributed by atoms with E-state index in [9.17, 15) is 0 Å². The molecule has 106 valence electrons. The summed E-state index contributed by atoms with van der Waals surface area (Å²) in [6.45, 7) is 2.14. The van der Waals surface area contributed by atoms with Crippen molar-refractivity contribution in [1.82, 2.24) is 15.3 Å². The molecule has 21 heavy (non-hydrogen) atoms. The summed E-state index contributed by atoms with van der Waals surface area (Å²) in [5.41, 5.74) is 4.61. The zero-order valence-corrected chi connectivity index (χ0v) is 12.4. The quantitative estimate of drug-likeness (QED) is 0.794. The molecule has 0 saturated heterocycles. The summed E-state index contributed by atoms with van der Waals surface area (Å²) < 4.78 is 0. The van der Waals surface area contributed by atoms with Gasteiger partial charge >= 0.3 is 0 Å². The highest BCUT2D eigenvalue weighted by atomic mass is 14.9. The van der Waals surface area contributed by atoms with Crippen LogP contribution in [0.2, 0.25) is 0 Å². The Morgan fingerprint density at radius 2 is 2.00 bits per heavy atom. The average Bonchev–Trinajstić information content (AvgIpc) is 2.53. The van der Waals surface area contributed by atoms with Crippen LogP contribution in [0.5, 0.6) is 0 Å². The smallest absolute Gasteiger partial charge is 0.0708 e. The molecule has 0 aliphatic rings. The van der Waals surface area contributed by atoms with Gasteiger partial charge in [-0.15, -0.1) is 0 Å². The van der Waals surface area contributed by atoms with Crippen LogP contribution in [-0.2, 0) is 6.42 Å². The van der Waals surface area contributed by atoms with Crippen LogP contribution in [-0.4, -0.2) is 17.0 Å². The molecule has 1 aromatic carbocycles. The number of hydrogen-bond acceptors (Lipinski definition) is 3. The van der Waals surface area contributed by atoms with E-state index in [4.69, 9.17) is 4.98 Å². The highest BCUT2D eigenvalue weighted by molar-refractivity contribution is 5.82. The van der Waals surface area contributed by atoms with Crippen LogP contribution in [0.15, 0.2) is 54.9 Å². The molecule has 1 atom stereocenters. The molecule has 3 nitrogen and oxygen atoms in total. The predicted molar refractivity (Wildman–Crippen MR) is 86.2 cm³/mol. The summed E-state index contributed by atoms with van der Waals surface area (Å²) in [6, 6.07) is 14.7. The minimum Gasteiger partial charge on any atom is -0.311 e. The number of para-hydroxylation sites is 1. The Balaban J connectivity index is 1.97. The van der Waals surface area contributed by atoms with Crippen molar-refractivity contribution < 1.29 is 0 Å². The molecule has 3 heteroatoms. The molecule has 2 aromatic heterocycles. The number of rotatable bonds is 4. The first kappa shape index (κ1) is 13.7. The van der Waals surface area contributed by atoms with Crippen molar-refractivity contribution in [3.63, 3.8) is 0 Å².